The smallest absolute Gasteiger partial charge is 0.248 e. The third kappa shape index (κ3) is 3.97. The predicted octanol–water partition coefficient (Wildman–Crippen LogP) is 2.68. The van der Waals surface area contributed by atoms with E-state index in [0.29, 0.717) is 11.5 Å². The zero-order chi connectivity index (χ0) is 18.7. The van der Waals surface area contributed by atoms with Crippen molar-refractivity contribution in [3.05, 3.63) is 53.7 Å². The summed E-state index contributed by atoms with van der Waals surface area (Å²) in [6.45, 7) is 3.71. The van der Waals surface area contributed by atoms with Crippen LogP contribution in [0.5, 0.6) is 0 Å². The van der Waals surface area contributed by atoms with E-state index >= 15 is 0 Å². The number of aromatic nitrogens is 2. The quantitative estimate of drug-likeness (QED) is 0.715. The van der Waals surface area contributed by atoms with Crippen molar-refractivity contribution < 1.29 is 4.79 Å². The molecule has 3 aromatic rings. The molecule has 0 aliphatic carbocycles. The summed E-state index contributed by atoms with van der Waals surface area (Å²) in [5, 5.41) is 4.18. The number of nitrogens with two attached hydrogens (primary N) is 1. The normalized spacial score (nSPS) is 11.1. The first-order valence-corrected chi connectivity index (χ1v) is 8.50. The second-order valence-electron chi connectivity index (χ2n) is 6.59. The number of primary amides is 1. The molecule has 1 aromatic heterocycles. The van der Waals surface area contributed by atoms with Gasteiger partial charge in [0.1, 0.15) is 0 Å². The highest BCUT2D eigenvalue weighted by atomic mass is 16.1. The Balaban J connectivity index is 1.90. The molecule has 0 atom stereocenters. The number of amides is 1. The van der Waals surface area contributed by atoms with Crippen molar-refractivity contribution in [1.82, 2.24) is 14.9 Å². The molecule has 1 amide bonds. The summed E-state index contributed by atoms with van der Waals surface area (Å²) < 4.78 is 0. The van der Waals surface area contributed by atoms with Crippen LogP contribution in [-0.4, -0.2) is 48.0 Å². The molecule has 0 radical (unpaired) electrons. The van der Waals surface area contributed by atoms with Crippen LogP contribution in [0.4, 0.5) is 5.95 Å². The average molecular weight is 349 g/mol. The van der Waals surface area contributed by atoms with Gasteiger partial charge in [0, 0.05) is 30.2 Å². The lowest BCUT2D eigenvalue weighted by molar-refractivity contribution is 0.100. The van der Waals surface area contributed by atoms with E-state index in [1.54, 1.807) is 6.07 Å². The van der Waals surface area contributed by atoms with Gasteiger partial charge in [0.25, 0.3) is 0 Å². The molecule has 0 aliphatic rings. The van der Waals surface area contributed by atoms with E-state index in [2.05, 4.69) is 20.2 Å². The number of benzene rings is 2. The number of hydrogen-bond donors (Lipinski definition) is 2. The lowest BCUT2D eigenvalue weighted by Gasteiger charge is -2.11. The molecule has 3 N–H and O–H groups in total. The standard InChI is InChI=1S/C20H23N5O/c1-13-4-5-15(19(21)26)11-17(13)14-6-7-18-16(10-14)12-23-20(24-18)22-8-9-25(2)3/h4-7,10-12H,8-9H2,1-3H3,(H2,21,26)(H,22,23,24). The zero-order valence-corrected chi connectivity index (χ0v) is 15.3. The fraction of sp³-hybridized carbons (Fsp3) is 0.250. The van der Waals surface area contributed by atoms with Crippen LogP contribution in [0.1, 0.15) is 15.9 Å². The van der Waals surface area contributed by atoms with Gasteiger partial charge in [-0.25, -0.2) is 9.97 Å². The van der Waals surface area contributed by atoms with E-state index in [-0.39, 0.29) is 0 Å². The van der Waals surface area contributed by atoms with E-state index in [1.165, 1.54) is 0 Å². The Morgan fingerprint density at radius 1 is 1.19 bits per heavy atom. The van der Waals surface area contributed by atoms with Gasteiger partial charge in [-0.05, 0) is 62.0 Å². The summed E-state index contributed by atoms with van der Waals surface area (Å²) >= 11 is 0. The minimum atomic E-state index is -0.427. The van der Waals surface area contributed by atoms with E-state index in [9.17, 15) is 4.79 Å². The maximum absolute atomic E-state index is 11.5. The summed E-state index contributed by atoms with van der Waals surface area (Å²) in [4.78, 5) is 22.5. The van der Waals surface area contributed by atoms with Crippen molar-refractivity contribution in [2.45, 2.75) is 6.92 Å². The summed E-state index contributed by atoms with van der Waals surface area (Å²) in [5.41, 5.74) is 9.86. The maximum atomic E-state index is 11.5. The summed E-state index contributed by atoms with van der Waals surface area (Å²) in [6.07, 6.45) is 1.82. The first-order chi connectivity index (χ1) is 12.4. The van der Waals surface area contributed by atoms with Gasteiger partial charge in [-0.3, -0.25) is 4.79 Å². The van der Waals surface area contributed by atoms with Gasteiger partial charge < -0.3 is 16.0 Å². The molecule has 0 unspecified atom stereocenters. The third-order valence-corrected chi connectivity index (χ3v) is 4.26. The van der Waals surface area contributed by atoms with Crippen LogP contribution in [0.2, 0.25) is 0 Å². The Morgan fingerprint density at radius 2 is 2.00 bits per heavy atom. The number of carbonyl (C=O) groups is 1. The fourth-order valence-corrected chi connectivity index (χ4v) is 2.76. The fourth-order valence-electron chi connectivity index (χ4n) is 2.76. The Labute approximate surface area is 153 Å². The molecular weight excluding hydrogens is 326 g/mol. The number of carbonyl (C=O) groups excluding carboxylic acids is 1. The van der Waals surface area contributed by atoms with Crippen molar-refractivity contribution >= 4 is 22.8 Å². The number of likely N-dealkylation sites (N-methyl/N-ethyl adjacent to an activating group) is 1. The van der Waals surface area contributed by atoms with Crippen LogP contribution in [0.15, 0.2) is 42.6 Å². The first-order valence-electron chi connectivity index (χ1n) is 8.50. The largest absolute Gasteiger partial charge is 0.366 e. The van der Waals surface area contributed by atoms with Gasteiger partial charge in [0.2, 0.25) is 11.9 Å². The molecule has 0 spiro atoms. The van der Waals surface area contributed by atoms with Gasteiger partial charge in [-0.15, -0.1) is 0 Å². The maximum Gasteiger partial charge on any atom is 0.248 e. The third-order valence-electron chi connectivity index (χ3n) is 4.26. The molecular formula is C20H23N5O. The highest BCUT2D eigenvalue weighted by Crippen LogP contribution is 2.27. The first kappa shape index (κ1) is 17.8. The number of rotatable bonds is 6. The SMILES string of the molecule is Cc1ccc(C(N)=O)cc1-c1ccc2nc(NCCN(C)C)ncc2c1. The molecule has 2 aromatic carbocycles. The second kappa shape index (κ2) is 7.49. The van der Waals surface area contributed by atoms with Gasteiger partial charge in [-0.2, -0.15) is 0 Å². The van der Waals surface area contributed by atoms with E-state index in [0.717, 1.165) is 40.7 Å². The highest BCUT2D eigenvalue weighted by molar-refractivity contribution is 5.95. The minimum Gasteiger partial charge on any atom is -0.366 e. The number of nitrogens with one attached hydrogen (secondary N) is 1. The molecule has 0 bridgehead atoms. The Hall–Kier alpha value is -2.99. The molecule has 6 nitrogen and oxygen atoms in total. The van der Waals surface area contributed by atoms with Gasteiger partial charge >= 0.3 is 0 Å². The van der Waals surface area contributed by atoms with Gasteiger partial charge in [0.15, 0.2) is 0 Å². The minimum absolute atomic E-state index is 0.427. The summed E-state index contributed by atoms with van der Waals surface area (Å²) in [6, 6.07) is 11.5. The molecule has 26 heavy (non-hydrogen) atoms. The molecule has 6 heteroatoms. The molecule has 0 aliphatic heterocycles. The van der Waals surface area contributed by atoms with Crippen LogP contribution >= 0.6 is 0 Å². The Bertz CT molecular complexity index is 952. The number of hydrogen-bond acceptors (Lipinski definition) is 5. The zero-order valence-electron chi connectivity index (χ0n) is 15.3. The van der Waals surface area contributed by atoms with Crippen molar-refractivity contribution in [2.75, 3.05) is 32.5 Å². The second-order valence-corrected chi connectivity index (χ2v) is 6.59. The number of nitrogens with zero attached hydrogens (tertiary/aromatic N) is 3. The Kier molecular flexibility index (Phi) is 5.14. The van der Waals surface area contributed by atoms with Crippen LogP contribution in [-0.2, 0) is 0 Å². The topological polar surface area (TPSA) is 84.1 Å². The van der Waals surface area contributed by atoms with Crippen LogP contribution in [0.25, 0.3) is 22.0 Å². The van der Waals surface area contributed by atoms with E-state index in [1.807, 2.05) is 57.5 Å². The number of aryl methyl sites for hydroxylation is 1. The van der Waals surface area contributed by atoms with Gasteiger partial charge in [-0.1, -0.05) is 12.1 Å². The average Bonchev–Trinajstić information content (AvgIpc) is 2.61. The molecule has 0 saturated heterocycles. The predicted molar refractivity (Wildman–Crippen MR) is 105 cm³/mol. The number of anilines is 1. The van der Waals surface area contributed by atoms with E-state index < -0.39 is 5.91 Å². The van der Waals surface area contributed by atoms with Crippen molar-refractivity contribution in [3.8, 4) is 11.1 Å². The highest BCUT2D eigenvalue weighted by Gasteiger charge is 2.08. The molecule has 0 saturated carbocycles. The van der Waals surface area contributed by atoms with Crippen molar-refractivity contribution in [3.63, 3.8) is 0 Å². The van der Waals surface area contributed by atoms with E-state index in [4.69, 9.17) is 5.73 Å². The Morgan fingerprint density at radius 3 is 2.73 bits per heavy atom. The van der Waals surface area contributed by atoms with Crippen molar-refractivity contribution in [2.24, 2.45) is 5.73 Å². The van der Waals surface area contributed by atoms with Crippen LogP contribution in [0, 0.1) is 6.92 Å². The van der Waals surface area contributed by atoms with Crippen LogP contribution < -0.4 is 11.1 Å². The molecule has 3 rings (SSSR count). The lowest BCUT2D eigenvalue weighted by Crippen LogP contribution is -2.21. The van der Waals surface area contributed by atoms with Crippen LogP contribution in [0.3, 0.4) is 0 Å². The molecule has 134 valence electrons. The van der Waals surface area contributed by atoms with Crippen molar-refractivity contribution in [1.29, 1.82) is 0 Å². The summed E-state index contributed by atoms with van der Waals surface area (Å²) in [5.74, 6) is 0.197. The monoisotopic (exact) mass is 349 g/mol. The number of fused-ring (bicyclic) bond motifs is 1. The van der Waals surface area contributed by atoms with Gasteiger partial charge in [0.05, 0.1) is 5.52 Å². The molecule has 1 heterocycles. The molecule has 0 fully saturated rings. The summed E-state index contributed by atoms with van der Waals surface area (Å²) in [7, 11) is 4.05. The lowest BCUT2D eigenvalue weighted by atomic mass is 9.97.